The highest BCUT2D eigenvalue weighted by Crippen LogP contribution is 2.27. The molecular formula is C20H19BrN2O3S. The largest absolute Gasteiger partial charge is 0.497 e. The first-order valence-electron chi connectivity index (χ1n) is 8.42. The van der Waals surface area contributed by atoms with Crippen LogP contribution in [0.1, 0.15) is 12.8 Å². The molecule has 0 bridgehead atoms. The van der Waals surface area contributed by atoms with E-state index in [1.165, 1.54) is 11.3 Å². The Kier molecular flexibility index (Phi) is 6.84. The van der Waals surface area contributed by atoms with Crippen LogP contribution in [0, 0.1) is 0 Å². The summed E-state index contributed by atoms with van der Waals surface area (Å²) in [5.74, 6) is 1.48. The first kappa shape index (κ1) is 19.4. The lowest BCUT2D eigenvalue weighted by molar-refractivity contribution is -0.116. The Morgan fingerprint density at radius 1 is 1.19 bits per heavy atom. The zero-order valence-electron chi connectivity index (χ0n) is 14.8. The number of ether oxygens (including phenoxy) is 2. The lowest BCUT2D eigenvalue weighted by Crippen LogP contribution is -2.12. The summed E-state index contributed by atoms with van der Waals surface area (Å²) in [5, 5.41) is 5.38. The first-order chi connectivity index (χ1) is 13.1. The number of anilines is 1. The number of benzene rings is 2. The number of thiazole rings is 1. The number of hydrogen-bond acceptors (Lipinski definition) is 5. The number of carbonyl (C=O) groups is 1. The van der Waals surface area contributed by atoms with E-state index >= 15 is 0 Å². The molecule has 2 aromatic carbocycles. The monoisotopic (exact) mass is 446 g/mol. The van der Waals surface area contributed by atoms with Crippen LogP contribution in [-0.4, -0.2) is 24.6 Å². The van der Waals surface area contributed by atoms with Gasteiger partial charge in [0.05, 0.1) is 19.4 Å². The van der Waals surface area contributed by atoms with Gasteiger partial charge in [-0.1, -0.05) is 28.1 Å². The fraction of sp³-hybridized carbons (Fsp3) is 0.200. The second-order valence-corrected chi connectivity index (χ2v) is 7.50. The van der Waals surface area contributed by atoms with Crippen LogP contribution in [0.15, 0.2) is 58.4 Å². The van der Waals surface area contributed by atoms with Crippen molar-refractivity contribution in [1.29, 1.82) is 0 Å². The minimum absolute atomic E-state index is 0.0662. The average molecular weight is 447 g/mol. The second kappa shape index (κ2) is 9.53. The molecule has 5 nitrogen and oxygen atoms in total. The summed E-state index contributed by atoms with van der Waals surface area (Å²) in [4.78, 5) is 16.6. The summed E-state index contributed by atoms with van der Waals surface area (Å²) in [7, 11) is 1.62. The van der Waals surface area contributed by atoms with Crippen molar-refractivity contribution in [2.75, 3.05) is 19.0 Å². The molecule has 0 saturated carbocycles. The zero-order valence-corrected chi connectivity index (χ0v) is 17.2. The van der Waals surface area contributed by atoms with Crippen LogP contribution in [-0.2, 0) is 4.79 Å². The average Bonchev–Trinajstić information content (AvgIpc) is 3.14. The Morgan fingerprint density at radius 2 is 1.96 bits per heavy atom. The van der Waals surface area contributed by atoms with E-state index in [9.17, 15) is 4.79 Å². The SMILES string of the molecule is COc1ccc(OCCCC(=O)Nc2nc(-c3cccc(Br)c3)cs2)cc1. The van der Waals surface area contributed by atoms with Crippen LogP contribution in [0.5, 0.6) is 11.5 Å². The predicted molar refractivity (Wildman–Crippen MR) is 112 cm³/mol. The number of rotatable bonds is 8. The maximum atomic E-state index is 12.1. The molecule has 0 unspecified atom stereocenters. The van der Waals surface area contributed by atoms with Gasteiger partial charge in [0.15, 0.2) is 5.13 Å². The molecule has 3 rings (SSSR count). The van der Waals surface area contributed by atoms with Crippen molar-refractivity contribution in [2.24, 2.45) is 0 Å². The molecule has 1 heterocycles. The van der Waals surface area contributed by atoms with E-state index < -0.39 is 0 Å². The molecule has 0 atom stereocenters. The molecule has 0 radical (unpaired) electrons. The van der Waals surface area contributed by atoms with Gasteiger partial charge in [0, 0.05) is 21.8 Å². The smallest absolute Gasteiger partial charge is 0.226 e. The molecular weight excluding hydrogens is 428 g/mol. The predicted octanol–water partition coefficient (Wildman–Crippen LogP) is 5.38. The standard InChI is InChI=1S/C20H19BrN2O3S/c1-25-16-7-9-17(10-8-16)26-11-3-6-19(24)23-20-22-18(13-27-20)14-4-2-5-15(21)12-14/h2,4-5,7-10,12-13H,3,6,11H2,1H3,(H,22,23,24). The number of nitrogens with one attached hydrogen (secondary N) is 1. The van der Waals surface area contributed by atoms with Crippen molar-refractivity contribution >= 4 is 38.3 Å². The fourth-order valence-corrected chi connectivity index (χ4v) is 3.52. The third kappa shape index (κ3) is 5.80. The summed E-state index contributed by atoms with van der Waals surface area (Å²) in [6, 6.07) is 15.3. The van der Waals surface area contributed by atoms with E-state index in [1.807, 2.05) is 53.9 Å². The van der Waals surface area contributed by atoms with E-state index in [-0.39, 0.29) is 5.91 Å². The number of amides is 1. The van der Waals surface area contributed by atoms with Crippen molar-refractivity contribution in [2.45, 2.75) is 12.8 Å². The molecule has 7 heteroatoms. The Morgan fingerprint density at radius 3 is 2.70 bits per heavy atom. The summed E-state index contributed by atoms with van der Waals surface area (Å²) >= 11 is 4.87. The van der Waals surface area contributed by atoms with Crippen LogP contribution < -0.4 is 14.8 Å². The van der Waals surface area contributed by atoms with Gasteiger partial charge < -0.3 is 14.8 Å². The Bertz CT molecular complexity index is 896. The van der Waals surface area contributed by atoms with Crippen LogP contribution in [0.4, 0.5) is 5.13 Å². The maximum absolute atomic E-state index is 12.1. The van der Waals surface area contributed by atoms with Gasteiger partial charge in [0.25, 0.3) is 0 Å². The number of methoxy groups -OCH3 is 1. The minimum atomic E-state index is -0.0662. The highest BCUT2D eigenvalue weighted by Gasteiger charge is 2.08. The summed E-state index contributed by atoms with van der Waals surface area (Å²) in [6.45, 7) is 0.473. The number of halogens is 1. The van der Waals surface area contributed by atoms with Crippen molar-refractivity contribution < 1.29 is 14.3 Å². The topological polar surface area (TPSA) is 60.5 Å². The van der Waals surface area contributed by atoms with Gasteiger partial charge in [-0.15, -0.1) is 11.3 Å². The van der Waals surface area contributed by atoms with E-state index in [4.69, 9.17) is 9.47 Å². The molecule has 27 heavy (non-hydrogen) atoms. The quantitative estimate of drug-likeness (QED) is 0.471. The molecule has 0 saturated heterocycles. The van der Waals surface area contributed by atoms with Crippen LogP contribution in [0.25, 0.3) is 11.3 Å². The molecule has 1 N–H and O–H groups in total. The van der Waals surface area contributed by atoms with Gasteiger partial charge in [-0.05, 0) is 42.8 Å². The second-order valence-electron chi connectivity index (χ2n) is 5.72. The fourth-order valence-electron chi connectivity index (χ4n) is 2.39. The number of hydrogen-bond donors (Lipinski definition) is 1. The summed E-state index contributed by atoms with van der Waals surface area (Å²) < 4.78 is 11.7. The molecule has 0 fully saturated rings. The van der Waals surface area contributed by atoms with Crippen molar-refractivity contribution in [3.8, 4) is 22.8 Å². The number of aromatic nitrogens is 1. The third-order valence-corrected chi connectivity index (χ3v) is 5.00. The molecule has 140 valence electrons. The van der Waals surface area contributed by atoms with E-state index in [0.29, 0.717) is 24.6 Å². The van der Waals surface area contributed by atoms with Crippen LogP contribution in [0.2, 0.25) is 0 Å². The van der Waals surface area contributed by atoms with Gasteiger partial charge >= 0.3 is 0 Å². The van der Waals surface area contributed by atoms with Gasteiger partial charge in [-0.3, -0.25) is 4.79 Å². The number of nitrogens with zero attached hydrogens (tertiary/aromatic N) is 1. The molecule has 3 aromatic rings. The van der Waals surface area contributed by atoms with Gasteiger partial charge in [0.2, 0.25) is 5.91 Å². The molecule has 0 aliphatic carbocycles. The van der Waals surface area contributed by atoms with Crippen molar-refractivity contribution in [3.05, 3.63) is 58.4 Å². The van der Waals surface area contributed by atoms with Crippen LogP contribution >= 0.6 is 27.3 Å². The Hall–Kier alpha value is -2.38. The van der Waals surface area contributed by atoms with Crippen LogP contribution in [0.3, 0.4) is 0 Å². The molecule has 0 spiro atoms. The lowest BCUT2D eigenvalue weighted by Gasteiger charge is -2.07. The van der Waals surface area contributed by atoms with Crippen molar-refractivity contribution in [3.63, 3.8) is 0 Å². The summed E-state index contributed by atoms with van der Waals surface area (Å²) in [6.07, 6.45) is 1.00. The summed E-state index contributed by atoms with van der Waals surface area (Å²) in [5.41, 5.74) is 1.86. The molecule has 0 aliphatic rings. The maximum Gasteiger partial charge on any atom is 0.226 e. The number of carbonyl (C=O) groups excluding carboxylic acids is 1. The van der Waals surface area contributed by atoms with Crippen molar-refractivity contribution in [1.82, 2.24) is 4.98 Å². The van der Waals surface area contributed by atoms with E-state index in [0.717, 1.165) is 27.2 Å². The highest BCUT2D eigenvalue weighted by molar-refractivity contribution is 9.10. The Labute approximate surface area is 170 Å². The first-order valence-corrected chi connectivity index (χ1v) is 10.1. The normalized spacial score (nSPS) is 10.4. The Balaban J connectivity index is 1.43. The minimum Gasteiger partial charge on any atom is -0.497 e. The van der Waals surface area contributed by atoms with Gasteiger partial charge in [-0.25, -0.2) is 4.98 Å². The van der Waals surface area contributed by atoms with Gasteiger partial charge in [-0.2, -0.15) is 0 Å². The van der Waals surface area contributed by atoms with Gasteiger partial charge in [0.1, 0.15) is 11.5 Å². The zero-order chi connectivity index (χ0) is 19.1. The van der Waals surface area contributed by atoms with E-state index in [1.54, 1.807) is 7.11 Å². The highest BCUT2D eigenvalue weighted by atomic mass is 79.9. The molecule has 0 aliphatic heterocycles. The lowest BCUT2D eigenvalue weighted by atomic mass is 10.2. The molecule has 1 amide bonds. The van der Waals surface area contributed by atoms with E-state index in [2.05, 4.69) is 26.2 Å². The third-order valence-electron chi connectivity index (χ3n) is 3.75. The molecule has 1 aromatic heterocycles.